The van der Waals surface area contributed by atoms with Crippen molar-refractivity contribution in [2.75, 3.05) is 11.9 Å². The molecule has 1 aliphatic heterocycles. The number of anilines is 1. The van der Waals surface area contributed by atoms with Crippen LogP contribution in [0, 0.1) is 17.0 Å². The molecule has 0 saturated carbocycles. The number of aryl methyl sites for hydroxylation is 1. The van der Waals surface area contributed by atoms with Gasteiger partial charge in [-0.25, -0.2) is 4.98 Å². The maximum Gasteiger partial charge on any atom is 0.287 e. The van der Waals surface area contributed by atoms with E-state index in [-0.39, 0.29) is 17.3 Å². The number of aromatic nitrogens is 1. The van der Waals surface area contributed by atoms with Crippen molar-refractivity contribution in [1.82, 2.24) is 4.98 Å². The number of nitro groups is 1. The van der Waals surface area contributed by atoms with Gasteiger partial charge in [-0.05, 0) is 32.8 Å². The fourth-order valence-corrected chi connectivity index (χ4v) is 2.06. The van der Waals surface area contributed by atoms with Crippen molar-refractivity contribution < 1.29 is 9.66 Å². The monoisotopic (exact) mass is 251 g/mol. The van der Waals surface area contributed by atoms with Gasteiger partial charge >= 0.3 is 0 Å². The molecule has 1 fully saturated rings. The Morgan fingerprint density at radius 2 is 2.39 bits per heavy atom. The van der Waals surface area contributed by atoms with E-state index in [0.717, 1.165) is 18.6 Å². The van der Waals surface area contributed by atoms with Crippen LogP contribution in [0.15, 0.2) is 12.3 Å². The molecule has 0 amide bonds. The van der Waals surface area contributed by atoms with Gasteiger partial charge in [0.25, 0.3) is 5.69 Å². The van der Waals surface area contributed by atoms with Gasteiger partial charge in [-0.15, -0.1) is 0 Å². The van der Waals surface area contributed by atoms with E-state index in [1.807, 2.05) is 13.8 Å². The van der Waals surface area contributed by atoms with Crippen LogP contribution < -0.4 is 5.32 Å². The summed E-state index contributed by atoms with van der Waals surface area (Å²) in [5.74, 6) is 0.681. The Morgan fingerprint density at radius 1 is 1.67 bits per heavy atom. The molecule has 0 aliphatic carbocycles. The van der Waals surface area contributed by atoms with Gasteiger partial charge in [0.05, 0.1) is 16.6 Å². The molecule has 0 spiro atoms. The van der Waals surface area contributed by atoms with Crippen molar-refractivity contribution in [1.29, 1.82) is 0 Å². The lowest BCUT2D eigenvalue weighted by Crippen LogP contribution is -2.41. The zero-order valence-electron chi connectivity index (χ0n) is 10.8. The number of rotatable bonds is 3. The van der Waals surface area contributed by atoms with E-state index in [1.165, 1.54) is 12.3 Å². The van der Waals surface area contributed by atoms with Gasteiger partial charge < -0.3 is 10.1 Å². The number of nitrogens with one attached hydrogen (secondary N) is 1. The van der Waals surface area contributed by atoms with Crippen LogP contribution in [0.3, 0.4) is 0 Å². The Morgan fingerprint density at radius 3 is 2.89 bits per heavy atom. The number of ether oxygens (including phenoxy) is 1. The summed E-state index contributed by atoms with van der Waals surface area (Å²) >= 11 is 0. The number of hydrogen-bond donors (Lipinski definition) is 1. The van der Waals surface area contributed by atoms with Gasteiger partial charge in [0.2, 0.25) is 0 Å². The molecule has 0 bridgehead atoms. The van der Waals surface area contributed by atoms with Crippen LogP contribution in [-0.4, -0.2) is 28.2 Å². The van der Waals surface area contributed by atoms with E-state index in [1.54, 1.807) is 0 Å². The van der Waals surface area contributed by atoms with Crippen molar-refractivity contribution in [3.63, 3.8) is 0 Å². The van der Waals surface area contributed by atoms with Crippen LogP contribution in [-0.2, 0) is 4.74 Å². The van der Waals surface area contributed by atoms with Gasteiger partial charge in [0.15, 0.2) is 0 Å². The molecule has 1 aliphatic rings. The first-order valence-corrected chi connectivity index (χ1v) is 5.93. The fourth-order valence-electron chi connectivity index (χ4n) is 2.06. The molecule has 2 atom stereocenters. The summed E-state index contributed by atoms with van der Waals surface area (Å²) in [7, 11) is 0. The van der Waals surface area contributed by atoms with Gasteiger partial charge in [0.1, 0.15) is 12.0 Å². The van der Waals surface area contributed by atoms with E-state index in [0.29, 0.717) is 5.82 Å². The molecule has 2 heterocycles. The van der Waals surface area contributed by atoms with Crippen molar-refractivity contribution in [2.45, 2.75) is 38.8 Å². The highest BCUT2D eigenvalue weighted by Crippen LogP contribution is 2.30. The molecule has 2 rings (SSSR count). The molecule has 0 radical (unpaired) electrons. The molecule has 1 aromatic rings. The summed E-state index contributed by atoms with van der Waals surface area (Å²) in [6.45, 7) is 6.62. The van der Waals surface area contributed by atoms with E-state index in [2.05, 4.69) is 17.2 Å². The van der Waals surface area contributed by atoms with Crippen molar-refractivity contribution >= 4 is 11.5 Å². The van der Waals surface area contributed by atoms with Gasteiger partial charge in [-0.1, -0.05) is 0 Å². The molecule has 1 N–H and O–H groups in total. The predicted molar refractivity (Wildman–Crippen MR) is 67.7 cm³/mol. The Bertz CT molecular complexity index is 478. The second kappa shape index (κ2) is 4.53. The van der Waals surface area contributed by atoms with Crippen molar-refractivity contribution in [3.05, 3.63) is 27.9 Å². The summed E-state index contributed by atoms with van der Waals surface area (Å²) in [5, 5.41) is 14.0. The average Bonchev–Trinajstić information content (AvgIpc) is 2.62. The fraction of sp³-hybridized carbons (Fsp3) is 0.583. The zero-order chi connectivity index (χ0) is 13.3. The third-order valence-electron chi connectivity index (χ3n) is 3.57. The highest BCUT2D eigenvalue weighted by atomic mass is 16.6. The van der Waals surface area contributed by atoms with Crippen LogP contribution in [0.5, 0.6) is 0 Å². The lowest BCUT2D eigenvalue weighted by molar-refractivity contribution is -0.385. The molecule has 18 heavy (non-hydrogen) atoms. The second-order valence-corrected chi connectivity index (χ2v) is 4.92. The van der Waals surface area contributed by atoms with Crippen LogP contribution in [0.4, 0.5) is 11.5 Å². The number of pyridine rings is 1. The first-order chi connectivity index (χ1) is 8.42. The third-order valence-corrected chi connectivity index (χ3v) is 3.57. The van der Waals surface area contributed by atoms with Gasteiger partial charge in [-0.3, -0.25) is 10.1 Å². The summed E-state index contributed by atoms with van der Waals surface area (Å²) in [5.41, 5.74) is 0.608. The molecule has 1 saturated heterocycles. The van der Waals surface area contributed by atoms with E-state index in [4.69, 9.17) is 4.74 Å². The Kier molecular flexibility index (Phi) is 3.21. The zero-order valence-corrected chi connectivity index (χ0v) is 10.8. The topological polar surface area (TPSA) is 77.3 Å². The van der Waals surface area contributed by atoms with E-state index < -0.39 is 4.92 Å². The molecule has 98 valence electrons. The highest BCUT2D eigenvalue weighted by molar-refractivity contribution is 5.50. The Balaban J connectivity index is 2.22. The largest absolute Gasteiger partial charge is 0.376 e. The number of hydrogen-bond acceptors (Lipinski definition) is 5. The maximum absolute atomic E-state index is 10.6. The quantitative estimate of drug-likeness (QED) is 0.658. The van der Waals surface area contributed by atoms with Crippen LogP contribution in [0.2, 0.25) is 0 Å². The van der Waals surface area contributed by atoms with Gasteiger partial charge in [-0.2, -0.15) is 0 Å². The standard InChI is InChI=1S/C12H17N3O3/c1-8-6-10(15(16)17)7-13-11(8)14-12(3)4-5-18-9(12)2/h6-7,9H,4-5H2,1-3H3,(H,13,14). The summed E-state index contributed by atoms with van der Waals surface area (Å²) < 4.78 is 5.54. The summed E-state index contributed by atoms with van der Waals surface area (Å²) in [6, 6.07) is 1.53. The normalized spacial score (nSPS) is 27.2. The first-order valence-electron chi connectivity index (χ1n) is 5.93. The molecular formula is C12H17N3O3. The predicted octanol–water partition coefficient (Wildman–Crippen LogP) is 2.28. The minimum atomic E-state index is -0.438. The molecular weight excluding hydrogens is 234 g/mol. The van der Waals surface area contributed by atoms with Crippen LogP contribution in [0.1, 0.15) is 25.8 Å². The lowest BCUT2D eigenvalue weighted by atomic mass is 9.94. The number of nitrogens with zero attached hydrogens (tertiary/aromatic N) is 2. The van der Waals surface area contributed by atoms with Crippen molar-refractivity contribution in [3.8, 4) is 0 Å². The second-order valence-electron chi connectivity index (χ2n) is 4.92. The van der Waals surface area contributed by atoms with Crippen molar-refractivity contribution in [2.24, 2.45) is 0 Å². The summed E-state index contributed by atoms with van der Waals surface area (Å²) in [6.07, 6.45) is 2.26. The first kappa shape index (κ1) is 12.8. The highest BCUT2D eigenvalue weighted by Gasteiger charge is 2.37. The lowest BCUT2D eigenvalue weighted by Gasteiger charge is -2.30. The smallest absolute Gasteiger partial charge is 0.287 e. The molecule has 6 heteroatoms. The molecule has 1 aromatic heterocycles. The van der Waals surface area contributed by atoms with E-state index in [9.17, 15) is 10.1 Å². The molecule has 0 aromatic carbocycles. The van der Waals surface area contributed by atoms with Crippen LogP contribution >= 0.6 is 0 Å². The average molecular weight is 251 g/mol. The minimum absolute atomic E-state index is 0.0129. The van der Waals surface area contributed by atoms with Gasteiger partial charge in [0, 0.05) is 12.7 Å². The Labute approximate surface area is 106 Å². The molecule has 2 unspecified atom stereocenters. The third kappa shape index (κ3) is 2.28. The van der Waals surface area contributed by atoms with Crippen LogP contribution in [0.25, 0.3) is 0 Å². The molecule has 6 nitrogen and oxygen atoms in total. The summed E-state index contributed by atoms with van der Waals surface area (Å²) in [4.78, 5) is 14.3. The van der Waals surface area contributed by atoms with E-state index >= 15 is 0 Å². The maximum atomic E-state index is 10.6. The Hall–Kier alpha value is -1.69. The SMILES string of the molecule is Cc1cc([N+](=O)[O-])cnc1NC1(C)CCOC1C. The minimum Gasteiger partial charge on any atom is -0.376 e.